The summed E-state index contributed by atoms with van der Waals surface area (Å²) < 4.78 is 43.4. The average Bonchev–Trinajstić information content (AvgIpc) is 2.56. The Balaban J connectivity index is 0.00000139. The maximum Gasteiger partial charge on any atom is 0.416 e. The van der Waals surface area contributed by atoms with Crippen LogP contribution in [0.4, 0.5) is 13.2 Å². The van der Waals surface area contributed by atoms with Gasteiger partial charge < -0.3 is 4.74 Å². The summed E-state index contributed by atoms with van der Waals surface area (Å²) in [4.78, 5) is 15.8. The number of benzene rings is 1. The van der Waals surface area contributed by atoms with Crippen LogP contribution in [-0.2, 0) is 17.5 Å². The van der Waals surface area contributed by atoms with Crippen LogP contribution >= 0.6 is 11.6 Å². The minimum absolute atomic E-state index is 0.0831. The van der Waals surface area contributed by atoms with Crippen molar-refractivity contribution in [3.63, 3.8) is 0 Å². The minimum atomic E-state index is -4.51. The molecule has 0 unspecified atom stereocenters. The Morgan fingerprint density at radius 3 is 2.42 bits per heavy atom. The molecule has 0 saturated carbocycles. The van der Waals surface area contributed by atoms with Gasteiger partial charge in [-0.25, -0.2) is 9.78 Å². The zero-order valence-electron chi connectivity index (χ0n) is 13.4. The van der Waals surface area contributed by atoms with Gasteiger partial charge in [-0.1, -0.05) is 43.6 Å². The maximum absolute atomic E-state index is 12.8. The number of aryl methyl sites for hydroxylation is 1. The quantitative estimate of drug-likeness (QED) is 0.684. The molecule has 0 fully saturated rings. The highest BCUT2D eigenvalue weighted by atomic mass is 35.5. The molecule has 2 aromatic rings. The van der Waals surface area contributed by atoms with Crippen LogP contribution in [0.25, 0.3) is 0 Å². The van der Waals surface area contributed by atoms with Crippen LogP contribution in [-0.4, -0.2) is 11.0 Å². The highest BCUT2D eigenvalue weighted by molar-refractivity contribution is 6.33. The Bertz CT molecular complexity index is 702. The van der Waals surface area contributed by atoms with Gasteiger partial charge in [0, 0.05) is 11.3 Å². The van der Waals surface area contributed by atoms with E-state index in [2.05, 4.69) is 4.98 Å². The number of hydrogen-bond donors (Lipinski definition) is 0. The molecule has 0 N–H and O–H groups in total. The Kier molecular flexibility index (Phi) is 7.22. The zero-order chi connectivity index (χ0) is 18.3. The second-order valence-electron chi connectivity index (χ2n) is 4.51. The first-order valence-electron chi connectivity index (χ1n) is 7.24. The van der Waals surface area contributed by atoms with Gasteiger partial charge in [-0.05, 0) is 25.1 Å². The number of carbonyl (C=O) groups is 1. The molecule has 1 heterocycles. The summed E-state index contributed by atoms with van der Waals surface area (Å²) in [5.74, 6) is -0.870. The molecule has 0 spiro atoms. The molecule has 24 heavy (non-hydrogen) atoms. The number of pyridine rings is 1. The zero-order valence-corrected chi connectivity index (χ0v) is 14.2. The van der Waals surface area contributed by atoms with Gasteiger partial charge >= 0.3 is 12.1 Å². The number of hydrogen-bond acceptors (Lipinski definition) is 3. The predicted molar refractivity (Wildman–Crippen MR) is 85.9 cm³/mol. The summed E-state index contributed by atoms with van der Waals surface area (Å²) in [5.41, 5.74) is -0.545. The van der Waals surface area contributed by atoms with Crippen LogP contribution in [0, 0.1) is 6.92 Å². The van der Waals surface area contributed by atoms with Crippen LogP contribution in [0.3, 0.4) is 0 Å². The molecular weight excluding hydrogens is 343 g/mol. The van der Waals surface area contributed by atoms with Gasteiger partial charge in [0.15, 0.2) is 5.69 Å². The predicted octanol–water partition coefficient (Wildman–Crippen LogP) is 5.45. The standard InChI is InChI=1S/C15H11ClF3NO2.C2H6/c1-9-6-7-12(16)13(20-9)14(21)22-8-10-4-2-3-5-11(10)15(17,18)19;1-2/h2-7H,8H2,1H3;1-2H3. The van der Waals surface area contributed by atoms with E-state index in [1.165, 1.54) is 24.3 Å². The van der Waals surface area contributed by atoms with Crippen LogP contribution in [0.2, 0.25) is 5.02 Å². The number of esters is 1. The molecule has 3 nitrogen and oxygen atoms in total. The molecule has 0 atom stereocenters. The van der Waals surface area contributed by atoms with E-state index in [9.17, 15) is 18.0 Å². The topological polar surface area (TPSA) is 39.2 Å². The monoisotopic (exact) mass is 359 g/mol. The molecule has 0 bridgehead atoms. The molecule has 0 saturated heterocycles. The van der Waals surface area contributed by atoms with E-state index < -0.39 is 24.3 Å². The van der Waals surface area contributed by atoms with Crippen LogP contribution < -0.4 is 0 Å². The van der Waals surface area contributed by atoms with Gasteiger partial charge in [0.05, 0.1) is 10.6 Å². The lowest BCUT2D eigenvalue weighted by atomic mass is 10.1. The fourth-order valence-electron chi connectivity index (χ4n) is 1.82. The second-order valence-corrected chi connectivity index (χ2v) is 4.92. The first-order valence-corrected chi connectivity index (χ1v) is 7.62. The minimum Gasteiger partial charge on any atom is -0.456 e. The first-order chi connectivity index (χ1) is 11.3. The van der Waals surface area contributed by atoms with Crippen molar-refractivity contribution in [3.8, 4) is 0 Å². The van der Waals surface area contributed by atoms with Crippen molar-refractivity contribution >= 4 is 17.6 Å². The lowest BCUT2D eigenvalue weighted by Gasteiger charge is -2.13. The number of ether oxygens (including phenoxy) is 1. The summed E-state index contributed by atoms with van der Waals surface area (Å²) in [6, 6.07) is 7.98. The molecule has 0 radical (unpaired) electrons. The summed E-state index contributed by atoms with van der Waals surface area (Å²) in [6.45, 7) is 5.15. The van der Waals surface area contributed by atoms with E-state index >= 15 is 0 Å². The normalized spacial score (nSPS) is 10.6. The van der Waals surface area contributed by atoms with Crippen molar-refractivity contribution in [3.05, 3.63) is 63.9 Å². The highest BCUT2D eigenvalue weighted by Crippen LogP contribution is 2.32. The average molecular weight is 360 g/mol. The number of alkyl halides is 3. The molecule has 0 aliphatic carbocycles. The Morgan fingerprint density at radius 2 is 1.79 bits per heavy atom. The van der Waals surface area contributed by atoms with Crippen molar-refractivity contribution in [1.29, 1.82) is 0 Å². The largest absolute Gasteiger partial charge is 0.456 e. The molecule has 7 heteroatoms. The van der Waals surface area contributed by atoms with Crippen molar-refractivity contribution < 1.29 is 22.7 Å². The molecule has 130 valence electrons. The Morgan fingerprint density at radius 1 is 1.17 bits per heavy atom. The van der Waals surface area contributed by atoms with Crippen molar-refractivity contribution in [2.75, 3.05) is 0 Å². The molecule has 1 aromatic carbocycles. The fourth-order valence-corrected chi connectivity index (χ4v) is 2.00. The lowest BCUT2D eigenvalue weighted by molar-refractivity contribution is -0.138. The third-order valence-corrected chi connectivity index (χ3v) is 3.17. The Labute approximate surface area is 143 Å². The van der Waals surface area contributed by atoms with E-state index in [0.717, 1.165) is 6.07 Å². The van der Waals surface area contributed by atoms with E-state index in [-0.39, 0.29) is 16.3 Å². The van der Waals surface area contributed by atoms with Gasteiger partial charge in [0.2, 0.25) is 0 Å². The lowest BCUT2D eigenvalue weighted by Crippen LogP contribution is -2.13. The van der Waals surface area contributed by atoms with Gasteiger partial charge in [-0.15, -0.1) is 0 Å². The Hall–Kier alpha value is -2.08. The third-order valence-electron chi connectivity index (χ3n) is 2.86. The van der Waals surface area contributed by atoms with Crippen LogP contribution in [0.15, 0.2) is 36.4 Å². The van der Waals surface area contributed by atoms with Crippen molar-refractivity contribution in [2.24, 2.45) is 0 Å². The number of nitrogens with zero attached hydrogens (tertiary/aromatic N) is 1. The fraction of sp³-hybridized carbons (Fsp3) is 0.294. The smallest absolute Gasteiger partial charge is 0.416 e. The molecular formula is C17H17ClF3NO2. The first kappa shape index (κ1) is 20.0. The van der Waals surface area contributed by atoms with Gasteiger partial charge in [-0.3, -0.25) is 0 Å². The molecule has 0 amide bonds. The van der Waals surface area contributed by atoms with Crippen molar-refractivity contribution in [2.45, 2.75) is 33.6 Å². The number of aromatic nitrogens is 1. The summed E-state index contributed by atoms with van der Waals surface area (Å²) in [6.07, 6.45) is -4.51. The number of rotatable bonds is 3. The highest BCUT2D eigenvalue weighted by Gasteiger charge is 2.33. The van der Waals surface area contributed by atoms with E-state index in [1.54, 1.807) is 13.0 Å². The van der Waals surface area contributed by atoms with Crippen LogP contribution in [0.1, 0.15) is 41.2 Å². The summed E-state index contributed by atoms with van der Waals surface area (Å²) in [5, 5.41) is 0.0831. The number of halogens is 4. The summed E-state index contributed by atoms with van der Waals surface area (Å²) >= 11 is 5.83. The SMILES string of the molecule is CC.Cc1ccc(Cl)c(C(=O)OCc2ccccc2C(F)(F)F)n1. The van der Waals surface area contributed by atoms with Crippen LogP contribution in [0.5, 0.6) is 0 Å². The van der Waals surface area contributed by atoms with Crippen molar-refractivity contribution in [1.82, 2.24) is 4.98 Å². The van der Waals surface area contributed by atoms with Gasteiger partial charge in [0.25, 0.3) is 0 Å². The van der Waals surface area contributed by atoms with Gasteiger partial charge in [0.1, 0.15) is 6.61 Å². The van der Waals surface area contributed by atoms with E-state index in [4.69, 9.17) is 16.3 Å². The maximum atomic E-state index is 12.8. The van der Waals surface area contributed by atoms with E-state index in [0.29, 0.717) is 5.69 Å². The third kappa shape index (κ3) is 5.23. The van der Waals surface area contributed by atoms with Gasteiger partial charge in [-0.2, -0.15) is 13.2 Å². The molecule has 2 rings (SSSR count). The second kappa shape index (κ2) is 8.68. The van der Waals surface area contributed by atoms with E-state index in [1.807, 2.05) is 13.8 Å². The molecule has 1 aromatic heterocycles. The summed E-state index contributed by atoms with van der Waals surface area (Å²) in [7, 11) is 0. The molecule has 0 aliphatic heterocycles. The molecule has 0 aliphatic rings. The number of carbonyl (C=O) groups excluding carboxylic acids is 1.